The summed E-state index contributed by atoms with van der Waals surface area (Å²) in [7, 11) is -2.12. The Hall–Kier alpha value is -0.450. The van der Waals surface area contributed by atoms with Crippen LogP contribution in [0.25, 0.3) is 0 Å². The van der Waals surface area contributed by atoms with E-state index in [0.29, 0.717) is 39.4 Å². The average molecular weight is 343 g/mol. The first-order valence-corrected chi connectivity index (χ1v) is 8.19. The molecule has 0 aromatic rings. The van der Waals surface area contributed by atoms with Crippen molar-refractivity contribution < 1.29 is 17.9 Å². The van der Waals surface area contributed by atoms with Gasteiger partial charge in [-0.15, -0.1) is 12.4 Å². The fourth-order valence-corrected chi connectivity index (χ4v) is 3.54. The number of nitrogens with zero attached hydrogens (tertiary/aromatic N) is 3. The Morgan fingerprint density at radius 1 is 1.19 bits per heavy atom. The molecule has 0 atom stereocenters. The maximum Gasteiger partial charge on any atom is 0.282 e. The Morgan fingerprint density at radius 3 is 2.33 bits per heavy atom. The molecule has 124 valence electrons. The molecule has 2 heterocycles. The largest absolute Gasteiger partial charge is 0.379 e. The number of carbonyl (C=O) groups is 1. The molecule has 2 aliphatic rings. The summed E-state index contributed by atoms with van der Waals surface area (Å²) in [6.07, 6.45) is 0. The molecular weight excluding hydrogens is 320 g/mol. The van der Waals surface area contributed by atoms with E-state index in [1.165, 1.54) is 11.4 Å². The Balaban J connectivity index is 0.00000220. The van der Waals surface area contributed by atoms with Crippen LogP contribution in [-0.2, 0) is 19.7 Å². The summed E-state index contributed by atoms with van der Waals surface area (Å²) >= 11 is 0. The van der Waals surface area contributed by atoms with Crippen LogP contribution in [0.4, 0.5) is 0 Å². The van der Waals surface area contributed by atoms with E-state index >= 15 is 0 Å². The highest BCUT2D eigenvalue weighted by molar-refractivity contribution is 7.86. The normalized spacial score (nSPS) is 21.1. The molecule has 0 bridgehead atoms. The highest BCUT2D eigenvalue weighted by Gasteiger charge is 2.30. The van der Waals surface area contributed by atoms with Crippen molar-refractivity contribution in [2.24, 2.45) is 0 Å². The van der Waals surface area contributed by atoms with Crippen LogP contribution in [0.5, 0.6) is 0 Å². The van der Waals surface area contributed by atoms with Crippen LogP contribution in [0.3, 0.4) is 0 Å². The van der Waals surface area contributed by atoms with E-state index in [0.717, 1.165) is 17.4 Å². The summed E-state index contributed by atoms with van der Waals surface area (Å²) in [4.78, 5) is 13.8. The van der Waals surface area contributed by atoms with E-state index in [-0.39, 0.29) is 24.9 Å². The van der Waals surface area contributed by atoms with Crippen molar-refractivity contribution >= 4 is 28.5 Å². The number of carbonyl (C=O) groups excluding carboxylic acids is 1. The van der Waals surface area contributed by atoms with Gasteiger partial charge in [0.05, 0.1) is 19.8 Å². The van der Waals surface area contributed by atoms with E-state index in [1.54, 1.807) is 4.90 Å². The lowest BCUT2D eigenvalue weighted by molar-refractivity contribution is -0.131. The first-order chi connectivity index (χ1) is 9.51. The number of rotatable bonds is 4. The zero-order chi connectivity index (χ0) is 14.6. The quantitative estimate of drug-likeness (QED) is 0.662. The molecule has 0 radical (unpaired) electrons. The van der Waals surface area contributed by atoms with Gasteiger partial charge in [0.1, 0.15) is 0 Å². The number of likely N-dealkylation sites (N-methyl/N-ethyl adjacent to an activating group) is 1. The molecule has 0 saturated carbocycles. The predicted octanol–water partition coefficient (Wildman–Crippen LogP) is -1.65. The maximum atomic E-state index is 12.3. The predicted molar refractivity (Wildman–Crippen MR) is 80.6 cm³/mol. The Labute approximate surface area is 132 Å². The number of halogens is 1. The zero-order valence-electron chi connectivity index (χ0n) is 12.2. The first-order valence-electron chi connectivity index (χ1n) is 6.79. The third-order valence-corrected chi connectivity index (χ3v) is 5.45. The third-order valence-electron chi connectivity index (χ3n) is 3.52. The molecule has 0 aliphatic carbocycles. The highest BCUT2D eigenvalue weighted by Crippen LogP contribution is 2.09. The highest BCUT2D eigenvalue weighted by atomic mass is 35.5. The van der Waals surface area contributed by atoms with E-state index in [2.05, 4.69) is 5.32 Å². The molecule has 0 spiro atoms. The van der Waals surface area contributed by atoms with Gasteiger partial charge in [-0.25, -0.2) is 0 Å². The zero-order valence-corrected chi connectivity index (χ0v) is 13.8. The van der Waals surface area contributed by atoms with Gasteiger partial charge in [-0.2, -0.15) is 17.0 Å². The fourth-order valence-electron chi connectivity index (χ4n) is 2.26. The molecule has 2 aliphatic heterocycles. The van der Waals surface area contributed by atoms with Gasteiger partial charge >= 0.3 is 0 Å². The number of ether oxygens (including phenoxy) is 1. The standard InChI is InChI=1S/C11H22N4O4S.ClH/c1-13(10-11(16)14-4-2-12-3-5-14)20(17,18)15-6-8-19-9-7-15;/h12H,2-10H2,1H3;1H. The summed E-state index contributed by atoms with van der Waals surface area (Å²) < 4.78 is 32.3. The van der Waals surface area contributed by atoms with E-state index in [9.17, 15) is 13.2 Å². The summed E-state index contributed by atoms with van der Waals surface area (Å²) in [5.74, 6) is -0.147. The van der Waals surface area contributed by atoms with Crippen LogP contribution in [0.2, 0.25) is 0 Å². The molecule has 2 fully saturated rings. The Bertz CT molecular complexity index is 436. The molecule has 2 saturated heterocycles. The smallest absolute Gasteiger partial charge is 0.282 e. The molecule has 0 unspecified atom stereocenters. The van der Waals surface area contributed by atoms with Crippen molar-refractivity contribution in [3.63, 3.8) is 0 Å². The lowest BCUT2D eigenvalue weighted by Crippen LogP contribution is -2.52. The van der Waals surface area contributed by atoms with Crippen LogP contribution >= 0.6 is 12.4 Å². The summed E-state index contributed by atoms with van der Waals surface area (Å²) in [6, 6.07) is 0. The molecule has 1 amide bonds. The van der Waals surface area contributed by atoms with Gasteiger partial charge in [0, 0.05) is 46.3 Å². The maximum absolute atomic E-state index is 12.3. The lowest BCUT2D eigenvalue weighted by atomic mass is 10.3. The van der Waals surface area contributed by atoms with Crippen LogP contribution in [0.15, 0.2) is 0 Å². The summed E-state index contributed by atoms with van der Waals surface area (Å²) in [5, 5.41) is 3.16. The van der Waals surface area contributed by atoms with Gasteiger partial charge in [-0.1, -0.05) is 0 Å². The minimum Gasteiger partial charge on any atom is -0.379 e. The Morgan fingerprint density at radius 2 is 1.76 bits per heavy atom. The van der Waals surface area contributed by atoms with Crippen molar-refractivity contribution in [1.82, 2.24) is 18.8 Å². The van der Waals surface area contributed by atoms with Crippen LogP contribution in [0.1, 0.15) is 0 Å². The van der Waals surface area contributed by atoms with Crippen molar-refractivity contribution in [3.05, 3.63) is 0 Å². The van der Waals surface area contributed by atoms with Crippen molar-refractivity contribution in [2.75, 3.05) is 66.1 Å². The van der Waals surface area contributed by atoms with Crippen LogP contribution in [0, 0.1) is 0 Å². The van der Waals surface area contributed by atoms with Crippen LogP contribution in [-0.4, -0.2) is 93.9 Å². The molecule has 21 heavy (non-hydrogen) atoms. The Kier molecular flexibility index (Phi) is 7.31. The van der Waals surface area contributed by atoms with Crippen molar-refractivity contribution in [3.8, 4) is 0 Å². The van der Waals surface area contributed by atoms with E-state index < -0.39 is 10.2 Å². The monoisotopic (exact) mass is 342 g/mol. The molecule has 0 aromatic heterocycles. The third kappa shape index (κ3) is 4.76. The van der Waals surface area contributed by atoms with Crippen molar-refractivity contribution in [1.29, 1.82) is 0 Å². The van der Waals surface area contributed by atoms with Gasteiger partial charge < -0.3 is 15.0 Å². The van der Waals surface area contributed by atoms with E-state index in [1.807, 2.05) is 0 Å². The van der Waals surface area contributed by atoms with Gasteiger partial charge in [0.25, 0.3) is 10.2 Å². The number of piperazine rings is 1. The topological polar surface area (TPSA) is 82.2 Å². The number of nitrogens with one attached hydrogen (secondary N) is 1. The molecule has 2 rings (SSSR count). The van der Waals surface area contributed by atoms with Gasteiger partial charge in [0.15, 0.2) is 0 Å². The minimum atomic E-state index is -3.57. The second-order valence-electron chi connectivity index (χ2n) is 4.91. The van der Waals surface area contributed by atoms with E-state index in [4.69, 9.17) is 4.74 Å². The molecule has 10 heteroatoms. The summed E-state index contributed by atoms with van der Waals surface area (Å²) in [5.41, 5.74) is 0. The van der Waals surface area contributed by atoms with Crippen LogP contribution < -0.4 is 5.32 Å². The first kappa shape index (κ1) is 18.6. The second kappa shape index (κ2) is 8.25. The number of amides is 1. The SMILES string of the molecule is CN(CC(=O)N1CCNCC1)S(=O)(=O)N1CCOCC1.Cl. The molecule has 8 nitrogen and oxygen atoms in total. The molecule has 1 N–H and O–H groups in total. The molecule has 0 aromatic carbocycles. The summed E-state index contributed by atoms with van der Waals surface area (Å²) in [6.45, 7) is 4.15. The number of hydrogen-bond donors (Lipinski definition) is 1. The van der Waals surface area contributed by atoms with Gasteiger partial charge in [0.2, 0.25) is 5.91 Å². The number of morpholine rings is 1. The number of hydrogen-bond acceptors (Lipinski definition) is 5. The lowest BCUT2D eigenvalue weighted by Gasteiger charge is -2.32. The van der Waals surface area contributed by atoms with Gasteiger partial charge in [-0.05, 0) is 0 Å². The minimum absolute atomic E-state index is 0. The van der Waals surface area contributed by atoms with Crippen molar-refractivity contribution in [2.45, 2.75) is 0 Å². The van der Waals surface area contributed by atoms with Gasteiger partial charge in [-0.3, -0.25) is 4.79 Å². The molecular formula is C11H23ClN4O4S. The fraction of sp³-hybridized carbons (Fsp3) is 0.909. The average Bonchev–Trinajstić information content (AvgIpc) is 2.49. The second-order valence-corrected chi connectivity index (χ2v) is 6.94.